The van der Waals surface area contributed by atoms with Crippen LogP contribution < -0.4 is 5.32 Å². The van der Waals surface area contributed by atoms with E-state index in [1.807, 2.05) is 0 Å². The smallest absolute Gasteiger partial charge is 0.227 e. The zero-order chi connectivity index (χ0) is 13.5. The Balaban J connectivity index is 1.89. The first kappa shape index (κ1) is 12.0. The Morgan fingerprint density at radius 2 is 2.35 bits per heavy atom. The van der Waals surface area contributed by atoms with Crippen LogP contribution in [0.2, 0.25) is 0 Å². The maximum Gasteiger partial charge on any atom is 0.227 e. The number of thiophene rings is 1. The number of hydrogen-bond donors (Lipinski definition) is 2. The fourth-order valence-electron chi connectivity index (χ4n) is 2.80. The highest BCUT2D eigenvalue weighted by atomic mass is 32.1. The first-order valence-corrected chi connectivity index (χ1v) is 7.69. The summed E-state index contributed by atoms with van der Waals surface area (Å²) in [5.74, 6) is 0.707. The van der Waals surface area contributed by atoms with Crippen molar-refractivity contribution in [3.63, 3.8) is 0 Å². The Morgan fingerprint density at radius 3 is 3.25 bits per heavy atom. The van der Waals surface area contributed by atoms with E-state index in [1.54, 1.807) is 22.2 Å². The van der Waals surface area contributed by atoms with E-state index in [0.717, 1.165) is 23.3 Å². The lowest BCUT2D eigenvalue weighted by Crippen LogP contribution is -2.10. The number of aliphatic hydroxyl groups excluding tert-OH is 1. The summed E-state index contributed by atoms with van der Waals surface area (Å²) in [7, 11) is 0. The molecule has 3 aromatic heterocycles. The minimum Gasteiger partial charge on any atom is -0.396 e. The minimum atomic E-state index is 0.170. The van der Waals surface area contributed by atoms with E-state index in [2.05, 4.69) is 15.4 Å². The summed E-state index contributed by atoms with van der Waals surface area (Å²) >= 11 is 1.78. The molecule has 0 bridgehead atoms. The van der Waals surface area contributed by atoms with Crippen molar-refractivity contribution in [1.29, 1.82) is 0 Å². The summed E-state index contributed by atoms with van der Waals surface area (Å²) in [5, 5.41) is 17.6. The molecule has 20 heavy (non-hydrogen) atoms. The number of nitrogens with one attached hydrogen (secondary N) is 1. The van der Waals surface area contributed by atoms with Gasteiger partial charge in [0.15, 0.2) is 5.65 Å². The third kappa shape index (κ3) is 1.70. The highest BCUT2D eigenvalue weighted by Crippen LogP contribution is 2.38. The van der Waals surface area contributed by atoms with Crippen LogP contribution in [-0.4, -0.2) is 37.8 Å². The fourth-order valence-corrected chi connectivity index (χ4v) is 4.06. The summed E-state index contributed by atoms with van der Waals surface area (Å²) in [6.45, 7) is 0.845. The predicted molar refractivity (Wildman–Crippen MR) is 78.4 cm³/mol. The second-order valence-electron chi connectivity index (χ2n) is 4.97. The van der Waals surface area contributed by atoms with Crippen LogP contribution in [0, 0.1) is 0 Å². The van der Waals surface area contributed by atoms with Crippen molar-refractivity contribution in [2.75, 3.05) is 18.5 Å². The van der Waals surface area contributed by atoms with Crippen molar-refractivity contribution in [3.8, 4) is 0 Å². The van der Waals surface area contributed by atoms with Gasteiger partial charge in [-0.05, 0) is 31.2 Å². The predicted octanol–water partition coefficient (Wildman–Crippen LogP) is 1.62. The molecule has 6 nitrogen and oxygen atoms in total. The molecule has 0 fully saturated rings. The van der Waals surface area contributed by atoms with Crippen LogP contribution in [0.3, 0.4) is 0 Å². The van der Waals surface area contributed by atoms with E-state index in [4.69, 9.17) is 10.1 Å². The van der Waals surface area contributed by atoms with Gasteiger partial charge in [-0.3, -0.25) is 0 Å². The van der Waals surface area contributed by atoms with E-state index in [0.29, 0.717) is 18.9 Å². The third-order valence-electron chi connectivity index (χ3n) is 3.70. The largest absolute Gasteiger partial charge is 0.396 e. The summed E-state index contributed by atoms with van der Waals surface area (Å²) in [5.41, 5.74) is 2.30. The molecule has 0 radical (unpaired) electrons. The monoisotopic (exact) mass is 289 g/mol. The van der Waals surface area contributed by atoms with Crippen molar-refractivity contribution in [2.45, 2.75) is 25.7 Å². The van der Waals surface area contributed by atoms with Crippen molar-refractivity contribution in [2.24, 2.45) is 0 Å². The van der Waals surface area contributed by atoms with Gasteiger partial charge in [0.2, 0.25) is 5.95 Å². The second kappa shape index (κ2) is 4.68. The summed E-state index contributed by atoms with van der Waals surface area (Å²) in [6.07, 6.45) is 5.78. The Morgan fingerprint density at radius 1 is 1.40 bits per heavy atom. The quantitative estimate of drug-likeness (QED) is 0.714. The highest BCUT2D eigenvalue weighted by molar-refractivity contribution is 7.19. The zero-order valence-corrected chi connectivity index (χ0v) is 11.8. The average Bonchev–Trinajstić information content (AvgIpc) is 3.12. The molecular weight excluding hydrogens is 274 g/mol. The number of hydrogen-bond acceptors (Lipinski definition) is 6. The van der Waals surface area contributed by atoms with Gasteiger partial charge >= 0.3 is 0 Å². The van der Waals surface area contributed by atoms with Gasteiger partial charge in [0, 0.05) is 18.0 Å². The van der Waals surface area contributed by atoms with E-state index in [9.17, 15) is 0 Å². The number of aliphatic hydroxyl groups is 1. The van der Waals surface area contributed by atoms with Crippen LogP contribution in [0.25, 0.3) is 15.9 Å². The number of aryl methyl sites for hydroxylation is 2. The van der Waals surface area contributed by atoms with E-state index in [-0.39, 0.29) is 6.61 Å². The molecule has 0 atom stereocenters. The van der Waals surface area contributed by atoms with Gasteiger partial charge in [-0.2, -0.15) is 9.61 Å². The van der Waals surface area contributed by atoms with Crippen LogP contribution in [-0.2, 0) is 12.8 Å². The van der Waals surface area contributed by atoms with Crippen LogP contribution in [0.4, 0.5) is 5.95 Å². The van der Waals surface area contributed by atoms with Crippen LogP contribution in [0.1, 0.15) is 23.3 Å². The number of nitrogens with zero attached hydrogens (tertiary/aromatic N) is 4. The van der Waals surface area contributed by atoms with Crippen molar-refractivity contribution < 1.29 is 5.11 Å². The molecule has 7 heteroatoms. The first-order chi connectivity index (χ1) is 9.88. The normalized spacial score (nSPS) is 14.2. The molecule has 104 valence electrons. The molecule has 3 heterocycles. The first-order valence-electron chi connectivity index (χ1n) is 6.87. The second-order valence-corrected chi connectivity index (χ2v) is 6.06. The maximum atomic E-state index is 8.88. The van der Waals surface area contributed by atoms with Crippen molar-refractivity contribution in [1.82, 2.24) is 19.6 Å². The molecule has 0 saturated heterocycles. The lowest BCUT2D eigenvalue weighted by atomic mass is 10.2. The molecule has 0 amide bonds. The number of fused-ring (bicyclic) bond motifs is 5. The SMILES string of the molecule is OCCCNc1nc2sc3c(c2c2ncnn12)CCC3. The summed E-state index contributed by atoms with van der Waals surface area (Å²) < 4.78 is 1.77. The van der Waals surface area contributed by atoms with Crippen molar-refractivity contribution >= 4 is 33.1 Å². The molecule has 0 aliphatic heterocycles. The van der Waals surface area contributed by atoms with Gasteiger partial charge in [-0.1, -0.05) is 0 Å². The van der Waals surface area contributed by atoms with Crippen LogP contribution >= 0.6 is 11.3 Å². The fraction of sp³-hybridized carbons (Fsp3) is 0.462. The zero-order valence-electron chi connectivity index (χ0n) is 11.0. The van der Waals surface area contributed by atoms with Crippen molar-refractivity contribution in [3.05, 3.63) is 16.8 Å². The number of anilines is 1. The lowest BCUT2D eigenvalue weighted by Gasteiger charge is -2.07. The Hall–Kier alpha value is -1.73. The molecular formula is C13H15N5OS. The van der Waals surface area contributed by atoms with Gasteiger partial charge in [0.25, 0.3) is 0 Å². The molecule has 0 spiro atoms. The van der Waals surface area contributed by atoms with Gasteiger partial charge in [0.05, 0.1) is 5.39 Å². The third-order valence-corrected chi connectivity index (χ3v) is 4.89. The van der Waals surface area contributed by atoms with Gasteiger partial charge in [0.1, 0.15) is 11.2 Å². The molecule has 3 aromatic rings. The topological polar surface area (TPSA) is 75.3 Å². The minimum absolute atomic E-state index is 0.170. The van der Waals surface area contributed by atoms with E-state index < -0.39 is 0 Å². The average molecular weight is 289 g/mol. The van der Waals surface area contributed by atoms with Gasteiger partial charge in [-0.15, -0.1) is 11.3 Å². The number of aromatic nitrogens is 4. The summed E-state index contributed by atoms with van der Waals surface area (Å²) in [6, 6.07) is 0. The molecule has 4 rings (SSSR count). The maximum absolute atomic E-state index is 8.88. The molecule has 0 aromatic carbocycles. The molecule has 1 aliphatic rings. The van der Waals surface area contributed by atoms with E-state index in [1.165, 1.54) is 22.2 Å². The van der Waals surface area contributed by atoms with Gasteiger partial charge in [-0.25, -0.2) is 9.97 Å². The standard InChI is InChI=1S/C13H15N5OS/c19-6-2-5-14-13-17-12-10(11-15-7-16-18(11)13)8-3-1-4-9(8)20-12/h7,19H,1-6H2,(H,14,17). The Labute approximate surface area is 119 Å². The molecule has 1 aliphatic carbocycles. The van der Waals surface area contributed by atoms with Crippen LogP contribution in [0.5, 0.6) is 0 Å². The van der Waals surface area contributed by atoms with Gasteiger partial charge < -0.3 is 10.4 Å². The van der Waals surface area contributed by atoms with Crippen LogP contribution in [0.15, 0.2) is 6.33 Å². The lowest BCUT2D eigenvalue weighted by molar-refractivity contribution is 0.292. The number of rotatable bonds is 4. The summed E-state index contributed by atoms with van der Waals surface area (Å²) in [4.78, 5) is 11.6. The van der Waals surface area contributed by atoms with E-state index >= 15 is 0 Å². The molecule has 2 N–H and O–H groups in total. The Kier molecular flexibility index (Phi) is 2.82. The highest BCUT2D eigenvalue weighted by Gasteiger charge is 2.22. The molecule has 0 saturated carbocycles. The Bertz CT molecular complexity index is 778. The molecule has 0 unspecified atom stereocenters.